The number of aliphatic hydroxyl groups is 1. The molecule has 0 aliphatic rings. The van der Waals surface area contributed by atoms with E-state index in [0.29, 0.717) is 26.1 Å². The fraction of sp³-hybridized carbons (Fsp3) is 0.241. The molecule has 5 nitrogen and oxygen atoms in total. The largest absolute Gasteiger partial charge is 0.461 e. The molecule has 0 aliphatic heterocycles. The number of benzene rings is 4. The lowest BCUT2D eigenvalue weighted by molar-refractivity contribution is -0.145. The highest BCUT2D eigenvalue weighted by Crippen LogP contribution is 2.34. The standard InChI is InChI=1S/C29H29NO4/c31-25(21-33-17-9-8-16-28(32)34-20-22-10-2-1-3-11-22)19-30-29-26-14-6-4-12-23(26)18-24-13-5-7-15-27(24)29/h1-7,10-15,18-19,25,31H,8-9,16-17,20-21H2/b30-19+. The number of carbonyl (C=O) groups is 1. The van der Waals surface area contributed by atoms with Gasteiger partial charge in [0.25, 0.3) is 0 Å². The lowest BCUT2D eigenvalue weighted by atomic mass is 10.0. The molecule has 4 aromatic rings. The zero-order valence-electron chi connectivity index (χ0n) is 19.1. The Labute approximate surface area is 199 Å². The van der Waals surface area contributed by atoms with Crippen LogP contribution in [0.15, 0.2) is 89.9 Å². The maximum absolute atomic E-state index is 11.8. The summed E-state index contributed by atoms with van der Waals surface area (Å²) < 4.78 is 10.8. The van der Waals surface area contributed by atoms with Crippen LogP contribution in [0, 0.1) is 0 Å². The first kappa shape index (κ1) is 23.6. The molecule has 0 amide bonds. The molecule has 0 fully saturated rings. The van der Waals surface area contributed by atoms with E-state index in [4.69, 9.17) is 9.47 Å². The SMILES string of the molecule is O=C(CCCCOCC(O)/C=N/c1c2ccccc2cc2ccccc12)OCc1ccccc1. The van der Waals surface area contributed by atoms with Gasteiger partial charge in [0.2, 0.25) is 0 Å². The van der Waals surface area contributed by atoms with Crippen molar-refractivity contribution in [2.45, 2.75) is 32.0 Å². The number of rotatable bonds is 11. The van der Waals surface area contributed by atoms with Gasteiger partial charge in [-0.25, -0.2) is 0 Å². The summed E-state index contributed by atoms with van der Waals surface area (Å²) in [5.41, 5.74) is 1.83. The number of ether oxygens (including phenoxy) is 2. The lowest BCUT2D eigenvalue weighted by Gasteiger charge is -2.10. The number of esters is 1. The third-order valence-electron chi connectivity index (χ3n) is 5.57. The van der Waals surface area contributed by atoms with Gasteiger partial charge < -0.3 is 14.6 Å². The second kappa shape index (κ2) is 12.1. The molecule has 0 saturated carbocycles. The Kier molecular flexibility index (Phi) is 8.38. The van der Waals surface area contributed by atoms with Gasteiger partial charge in [0.15, 0.2) is 0 Å². The predicted octanol–water partition coefficient (Wildman–Crippen LogP) is 5.99. The Morgan fingerprint density at radius 1 is 0.882 bits per heavy atom. The summed E-state index contributed by atoms with van der Waals surface area (Å²) >= 11 is 0. The molecule has 1 atom stereocenters. The number of aliphatic hydroxyl groups excluding tert-OH is 1. The van der Waals surface area contributed by atoms with Crippen LogP contribution < -0.4 is 0 Å². The summed E-state index contributed by atoms with van der Waals surface area (Å²) in [7, 11) is 0. The van der Waals surface area contributed by atoms with E-state index in [-0.39, 0.29) is 12.6 Å². The van der Waals surface area contributed by atoms with E-state index in [2.05, 4.69) is 23.2 Å². The summed E-state index contributed by atoms with van der Waals surface area (Å²) in [5.74, 6) is -0.210. The fourth-order valence-corrected chi connectivity index (χ4v) is 3.82. The maximum Gasteiger partial charge on any atom is 0.306 e. The zero-order chi connectivity index (χ0) is 23.6. The highest BCUT2D eigenvalue weighted by molar-refractivity contribution is 6.10. The molecule has 4 rings (SSSR count). The molecule has 0 aromatic heterocycles. The van der Waals surface area contributed by atoms with Crippen molar-refractivity contribution in [1.29, 1.82) is 0 Å². The first-order chi connectivity index (χ1) is 16.7. The Hall–Kier alpha value is -3.54. The molecule has 1 unspecified atom stereocenters. The Bertz CT molecular complexity index is 1200. The molecule has 34 heavy (non-hydrogen) atoms. The first-order valence-corrected chi connectivity index (χ1v) is 11.6. The van der Waals surface area contributed by atoms with E-state index in [0.717, 1.165) is 39.2 Å². The molecule has 174 valence electrons. The molecule has 0 bridgehead atoms. The van der Waals surface area contributed by atoms with Crippen LogP contribution >= 0.6 is 0 Å². The van der Waals surface area contributed by atoms with Gasteiger partial charge in [0, 0.05) is 30.0 Å². The summed E-state index contributed by atoms with van der Waals surface area (Å²) in [6.07, 6.45) is 2.48. The minimum Gasteiger partial charge on any atom is -0.461 e. The first-order valence-electron chi connectivity index (χ1n) is 11.6. The van der Waals surface area contributed by atoms with E-state index < -0.39 is 6.10 Å². The van der Waals surface area contributed by atoms with E-state index in [1.807, 2.05) is 66.7 Å². The summed E-state index contributed by atoms with van der Waals surface area (Å²) in [6, 6.07) is 28.0. The van der Waals surface area contributed by atoms with Gasteiger partial charge in [-0.1, -0.05) is 78.9 Å². The van der Waals surface area contributed by atoms with Gasteiger partial charge in [0.05, 0.1) is 12.3 Å². The van der Waals surface area contributed by atoms with Crippen LogP contribution in [0.25, 0.3) is 21.5 Å². The smallest absolute Gasteiger partial charge is 0.306 e. The van der Waals surface area contributed by atoms with Crippen molar-refractivity contribution in [3.8, 4) is 0 Å². The summed E-state index contributed by atoms with van der Waals surface area (Å²) in [4.78, 5) is 16.5. The zero-order valence-corrected chi connectivity index (χ0v) is 19.1. The van der Waals surface area contributed by atoms with Crippen molar-refractivity contribution in [2.75, 3.05) is 13.2 Å². The molecule has 0 radical (unpaired) electrons. The monoisotopic (exact) mass is 455 g/mol. The van der Waals surface area contributed by atoms with E-state index in [9.17, 15) is 9.90 Å². The third-order valence-corrected chi connectivity index (χ3v) is 5.57. The summed E-state index contributed by atoms with van der Waals surface area (Å²) in [5, 5.41) is 14.6. The van der Waals surface area contributed by atoms with Gasteiger partial charge in [-0.05, 0) is 35.2 Å². The van der Waals surface area contributed by atoms with Crippen LogP contribution in [-0.2, 0) is 20.9 Å². The predicted molar refractivity (Wildman–Crippen MR) is 137 cm³/mol. The highest BCUT2D eigenvalue weighted by atomic mass is 16.5. The quantitative estimate of drug-likeness (QED) is 0.131. The van der Waals surface area contributed by atoms with E-state index >= 15 is 0 Å². The molecule has 0 aliphatic carbocycles. The molecule has 5 heteroatoms. The van der Waals surface area contributed by atoms with Crippen molar-refractivity contribution in [1.82, 2.24) is 0 Å². The fourth-order valence-electron chi connectivity index (χ4n) is 3.82. The number of fused-ring (bicyclic) bond motifs is 2. The summed E-state index contributed by atoms with van der Waals surface area (Å²) in [6.45, 7) is 0.923. The van der Waals surface area contributed by atoms with Gasteiger partial charge >= 0.3 is 5.97 Å². The average molecular weight is 456 g/mol. The minimum absolute atomic E-state index is 0.157. The molecular weight excluding hydrogens is 426 g/mol. The maximum atomic E-state index is 11.8. The van der Waals surface area contributed by atoms with Crippen molar-refractivity contribution in [3.63, 3.8) is 0 Å². The van der Waals surface area contributed by atoms with Gasteiger partial charge in [-0.15, -0.1) is 0 Å². The van der Waals surface area contributed by atoms with Crippen LogP contribution in [-0.4, -0.2) is 36.6 Å². The van der Waals surface area contributed by atoms with E-state index in [1.54, 1.807) is 0 Å². The van der Waals surface area contributed by atoms with Crippen LogP contribution in [0.5, 0.6) is 0 Å². The number of hydrogen-bond donors (Lipinski definition) is 1. The topological polar surface area (TPSA) is 68.1 Å². The van der Waals surface area contributed by atoms with Crippen LogP contribution in [0.1, 0.15) is 24.8 Å². The number of aliphatic imine (C=N–C) groups is 1. The van der Waals surface area contributed by atoms with Gasteiger partial charge in [-0.2, -0.15) is 0 Å². The van der Waals surface area contributed by atoms with Crippen LogP contribution in [0.4, 0.5) is 5.69 Å². The Morgan fingerprint density at radius 3 is 2.24 bits per heavy atom. The normalized spacial score (nSPS) is 12.4. The average Bonchev–Trinajstić information content (AvgIpc) is 2.88. The van der Waals surface area contributed by atoms with Crippen molar-refractivity contribution in [3.05, 3.63) is 90.5 Å². The van der Waals surface area contributed by atoms with Crippen molar-refractivity contribution >= 4 is 39.4 Å². The molecule has 1 N–H and O–H groups in total. The third kappa shape index (κ3) is 6.50. The highest BCUT2D eigenvalue weighted by Gasteiger charge is 2.08. The van der Waals surface area contributed by atoms with E-state index in [1.165, 1.54) is 6.21 Å². The van der Waals surface area contributed by atoms with Gasteiger partial charge in [0.1, 0.15) is 12.7 Å². The van der Waals surface area contributed by atoms with Crippen molar-refractivity contribution < 1.29 is 19.4 Å². The number of unbranched alkanes of at least 4 members (excludes halogenated alkanes) is 1. The molecule has 0 heterocycles. The number of hydrogen-bond acceptors (Lipinski definition) is 5. The lowest BCUT2D eigenvalue weighted by Crippen LogP contribution is -2.17. The Morgan fingerprint density at radius 2 is 1.53 bits per heavy atom. The van der Waals surface area contributed by atoms with Crippen molar-refractivity contribution in [2.24, 2.45) is 4.99 Å². The second-order valence-corrected chi connectivity index (χ2v) is 8.19. The Balaban J connectivity index is 1.21. The van der Waals surface area contributed by atoms with Gasteiger partial charge in [-0.3, -0.25) is 9.79 Å². The van der Waals surface area contributed by atoms with Crippen LogP contribution in [0.3, 0.4) is 0 Å². The minimum atomic E-state index is -0.812. The number of nitrogens with zero attached hydrogens (tertiary/aromatic N) is 1. The molecular formula is C29H29NO4. The number of carbonyl (C=O) groups excluding carboxylic acids is 1. The molecule has 4 aromatic carbocycles. The van der Waals surface area contributed by atoms with Crippen LogP contribution in [0.2, 0.25) is 0 Å². The molecule has 0 spiro atoms. The second-order valence-electron chi connectivity index (χ2n) is 8.19. The molecule has 0 saturated heterocycles.